The van der Waals surface area contributed by atoms with Gasteiger partial charge in [0, 0.05) is 113 Å². The van der Waals surface area contributed by atoms with Crippen molar-refractivity contribution in [3.63, 3.8) is 0 Å². The van der Waals surface area contributed by atoms with Crippen molar-refractivity contribution in [2.75, 3.05) is 80.6 Å². The summed E-state index contributed by atoms with van der Waals surface area (Å²) in [6.45, 7) is 11.7. The number of aliphatic hydroxyl groups is 1. The van der Waals surface area contributed by atoms with Gasteiger partial charge in [0.2, 0.25) is 17.7 Å². The zero-order chi connectivity index (χ0) is 45.1. The molecule has 2 aromatic carbocycles. The number of hydrazine groups is 1. The maximum atomic E-state index is 13.8. The van der Waals surface area contributed by atoms with Crippen LogP contribution in [0.3, 0.4) is 0 Å². The first-order valence-corrected chi connectivity index (χ1v) is 24.9. The van der Waals surface area contributed by atoms with Crippen LogP contribution in [0.4, 0.5) is 17.1 Å². The third kappa shape index (κ3) is 8.49. The van der Waals surface area contributed by atoms with Crippen molar-refractivity contribution in [2.24, 2.45) is 5.92 Å². The number of fused-ring (bicyclic) bond motifs is 7. The second kappa shape index (κ2) is 18.1. The summed E-state index contributed by atoms with van der Waals surface area (Å²) < 4.78 is 0. The van der Waals surface area contributed by atoms with E-state index in [0.29, 0.717) is 50.1 Å². The standard InChI is InChI=1S/C49H68N12O5/c1-49(66)19-3-2-4-20-60-47(65)39-29-50-48(54-44(39)61(60)42-7-5-6-41(49)52-42)51-33-9-12-34(13-10-33)55-21-16-35(17-22-55)58-23-18-37(31-58)57-26-24-56(25-27-57)36-11-8-32-30-59(46(64)38(32)28-36)40-14-15-43(62)53-45(40)63/h2,4,8-13,28,35,37,39-42,44,48,50-52,54,66H,3,5-7,14-27,29-31H2,1H3,(H,53,62,63)/b4-2-/t37?,39?,40?,41?,42?,44?,48?,49-/m1/s1. The molecule has 0 saturated carbocycles. The lowest BCUT2D eigenvalue weighted by molar-refractivity contribution is -0.146. The van der Waals surface area contributed by atoms with E-state index in [1.165, 1.54) is 12.1 Å². The lowest BCUT2D eigenvalue weighted by Crippen LogP contribution is -2.69. The number of allylic oxidation sites excluding steroid dienone is 1. The van der Waals surface area contributed by atoms with Gasteiger partial charge in [-0.15, -0.1) is 0 Å². The van der Waals surface area contributed by atoms with Gasteiger partial charge >= 0.3 is 0 Å². The van der Waals surface area contributed by atoms with Crippen LogP contribution in [0, 0.1) is 5.92 Å². The molecular weight excluding hydrogens is 837 g/mol. The summed E-state index contributed by atoms with van der Waals surface area (Å²) in [6, 6.07) is 15.5. The number of carbonyl (C=O) groups is 4. The fourth-order valence-electron chi connectivity index (χ4n) is 12.6. The number of anilines is 3. The molecule has 4 amide bonds. The summed E-state index contributed by atoms with van der Waals surface area (Å²) in [7, 11) is 0. The van der Waals surface area contributed by atoms with Gasteiger partial charge in [-0.05, 0) is 107 Å². The fraction of sp³-hybridized carbons (Fsp3) is 0.633. The highest BCUT2D eigenvalue weighted by Gasteiger charge is 2.53. The minimum Gasteiger partial charge on any atom is -0.389 e. The number of benzene rings is 2. The first-order chi connectivity index (χ1) is 32.1. The Hall–Kier alpha value is -4.62. The number of nitrogens with zero attached hydrogens (tertiary/aromatic N) is 7. The number of amides is 4. The smallest absolute Gasteiger partial charge is 0.255 e. The SMILES string of the molecule is C[C@@]1(O)CC/C=C\CN2C(=O)C3CNC(Nc4ccc(N5CCC(N6CCC(N7CCN(c8ccc9c(c8)C(=O)N(C8CCC(=O)NC8=O)C9)CC7)C6)CC5)cc4)NC3N2C2CCCC1N2. The Morgan fingerprint density at radius 2 is 1.56 bits per heavy atom. The molecule has 9 aliphatic heterocycles. The number of likely N-dealkylation sites (tertiary alicyclic amines) is 1. The lowest BCUT2D eigenvalue weighted by Gasteiger charge is -2.47. The van der Waals surface area contributed by atoms with Crippen LogP contribution in [0.2, 0.25) is 0 Å². The quantitative estimate of drug-likeness (QED) is 0.176. The Kier molecular flexibility index (Phi) is 12.1. The van der Waals surface area contributed by atoms with Crippen molar-refractivity contribution >= 4 is 40.7 Å². The van der Waals surface area contributed by atoms with Crippen LogP contribution in [0.25, 0.3) is 0 Å². The summed E-state index contributed by atoms with van der Waals surface area (Å²) in [4.78, 5) is 63.4. The number of piperidine rings is 3. The van der Waals surface area contributed by atoms with Gasteiger partial charge in [-0.1, -0.05) is 18.2 Å². The molecule has 8 atom stereocenters. The van der Waals surface area contributed by atoms with Gasteiger partial charge in [-0.2, -0.15) is 5.01 Å². The van der Waals surface area contributed by atoms with E-state index in [9.17, 15) is 24.3 Å². The normalized spacial score (nSPS) is 34.5. The van der Waals surface area contributed by atoms with Crippen LogP contribution in [-0.4, -0.2) is 167 Å². The topological polar surface area (TPSA) is 171 Å². The minimum absolute atomic E-state index is 0.0178. The number of hydrogen-bond donors (Lipinski definition) is 6. The third-order valence-corrected chi connectivity index (χ3v) is 16.5. The highest BCUT2D eigenvalue weighted by atomic mass is 16.3. The Bertz CT molecular complexity index is 2190. The summed E-state index contributed by atoms with van der Waals surface area (Å²) in [5.74, 6) is -0.816. The zero-order valence-electron chi connectivity index (χ0n) is 38.4. The van der Waals surface area contributed by atoms with E-state index >= 15 is 0 Å². The van der Waals surface area contributed by atoms with E-state index in [0.717, 1.165) is 108 Å². The summed E-state index contributed by atoms with van der Waals surface area (Å²) >= 11 is 0. The third-order valence-electron chi connectivity index (χ3n) is 16.5. The van der Waals surface area contributed by atoms with E-state index in [1.54, 1.807) is 4.90 Å². The zero-order valence-corrected chi connectivity index (χ0v) is 38.4. The van der Waals surface area contributed by atoms with Crippen molar-refractivity contribution in [3.05, 3.63) is 65.7 Å². The molecule has 0 spiro atoms. The molecule has 9 heterocycles. The van der Waals surface area contributed by atoms with Crippen molar-refractivity contribution < 1.29 is 24.3 Å². The molecule has 9 aliphatic rings. The second-order valence-electron chi connectivity index (χ2n) is 20.5. The van der Waals surface area contributed by atoms with Crippen LogP contribution < -0.4 is 36.4 Å². The van der Waals surface area contributed by atoms with Crippen LogP contribution in [0.15, 0.2) is 54.6 Å². The molecule has 0 aliphatic carbocycles. The largest absolute Gasteiger partial charge is 0.389 e. The van der Waals surface area contributed by atoms with E-state index in [4.69, 9.17) is 0 Å². The summed E-state index contributed by atoms with van der Waals surface area (Å²) in [5.41, 5.74) is 4.15. The molecule has 66 heavy (non-hydrogen) atoms. The number of hydrogen-bond acceptors (Lipinski definition) is 14. The molecule has 354 valence electrons. The molecule has 7 unspecified atom stereocenters. The highest BCUT2D eigenvalue weighted by molar-refractivity contribution is 6.05. The predicted octanol–water partition coefficient (Wildman–Crippen LogP) is 1.77. The van der Waals surface area contributed by atoms with Gasteiger partial charge in [0.05, 0.1) is 30.4 Å². The number of rotatable bonds is 7. The molecular formula is C49H68N12O5. The van der Waals surface area contributed by atoms with Crippen molar-refractivity contribution in [2.45, 2.75) is 126 Å². The van der Waals surface area contributed by atoms with E-state index in [2.05, 4.69) is 93.7 Å². The minimum atomic E-state index is -0.806. The van der Waals surface area contributed by atoms with E-state index < -0.39 is 11.6 Å². The maximum absolute atomic E-state index is 13.8. The Morgan fingerprint density at radius 3 is 2.36 bits per heavy atom. The monoisotopic (exact) mass is 905 g/mol. The Labute approximate surface area is 388 Å². The fourth-order valence-corrected chi connectivity index (χ4v) is 12.6. The van der Waals surface area contributed by atoms with Crippen LogP contribution >= 0.6 is 0 Å². The molecule has 7 fully saturated rings. The molecule has 17 heteroatoms. The van der Waals surface area contributed by atoms with Gasteiger partial charge in [0.1, 0.15) is 12.3 Å². The molecule has 17 nitrogen and oxygen atoms in total. The van der Waals surface area contributed by atoms with Crippen molar-refractivity contribution in [1.29, 1.82) is 0 Å². The van der Waals surface area contributed by atoms with Crippen LogP contribution in [0.5, 0.6) is 0 Å². The lowest BCUT2D eigenvalue weighted by atomic mass is 9.85. The summed E-state index contributed by atoms with van der Waals surface area (Å²) in [6.07, 6.45) is 12.3. The molecule has 11 rings (SSSR count). The van der Waals surface area contributed by atoms with Gasteiger partial charge in [0.25, 0.3) is 5.91 Å². The van der Waals surface area contributed by atoms with Crippen LogP contribution in [-0.2, 0) is 20.9 Å². The Morgan fingerprint density at radius 1 is 0.788 bits per heavy atom. The van der Waals surface area contributed by atoms with E-state index in [-0.39, 0.29) is 60.6 Å². The average molecular weight is 905 g/mol. The molecule has 2 aromatic rings. The number of piperazine rings is 1. The maximum Gasteiger partial charge on any atom is 0.255 e. The molecule has 2 bridgehead atoms. The van der Waals surface area contributed by atoms with Gasteiger partial charge < -0.3 is 25.1 Å². The van der Waals surface area contributed by atoms with Crippen molar-refractivity contribution in [1.82, 2.24) is 46.0 Å². The Balaban J connectivity index is 0.638. The molecule has 0 aromatic heterocycles. The molecule has 6 N–H and O–H groups in total. The highest BCUT2D eigenvalue weighted by Crippen LogP contribution is 2.36. The van der Waals surface area contributed by atoms with Gasteiger partial charge in [-0.3, -0.25) is 55.3 Å². The predicted molar refractivity (Wildman–Crippen MR) is 251 cm³/mol. The first-order valence-electron chi connectivity index (χ1n) is 24.9. The number of nitrogens with one attached hydrogen (secondary N) is 5. The molecule has 0 radical (unpaired) electrons. The van der Waals surface area contributed by atoms with Crippen molar-refractivity contribution in [3.8, 4) is 0 Å². The van der Waals surface area contributed by atoms with E-state index in [1.807, 2.05) is 24.1 Å². The molecule has 7 saturated heterocycles. The number of carbonyl (C=O) groups excluding carboxylic acids is 4. The second-order valence-corrected chi connectivity index (χ2v) is 20.5. The number of imide groups is 1. The first kappa shape index (κ1) is 43.9. The van der Waals surface area contributed by atoms with Gasteiger partial charge in [-0.25, -0.2) is 0 Å². The van der Waals surface area contributed by atoms with Gasteiger partial charge in [0.15, 0.2) is 0 Å². The van der Waals surface area contributed by atoms with Crippen LogP contribution in [0.1, 0.15) is 87.1 Å². The summed E-state index contributed by atoms with van der Waals surface area (Å²) in [5, 5.41) is 32.7. The average Bonchev–Trinajstić information content (AvgIpc) is 4.03.